The fourth-order valence-electron chi connectivity index (χ4n) is 2.22. The molecule has 1 fully saturated rings. The first kappa shape index (κ1) is 12.9. The second-order valence-electron chi connectivity index (χ2n) is 4.73. The maximum Gasteiger partial charge on any atom is 0.167 e. The van der Waals surface area contributed by atoms with Crippen LogP contribution < -0.4 is 5.32 Å². The van der Waals surface area contributed by atoms with E-state index in [1.54, 1.807) is 11.8 Å². The minimum Gasteiger partial charge on any atom is -0.394 e. The molecule has 1 aliphatic carbocycles. The summed E-state index contributed by atoms with van der Waals surface area (Å²) in [7, 11) is 2.00. The number of rotatable bonds is 7. The highest BCUT2D eigenvalue weighted by atomic mass is 32.2. The Kier molecular flexibility index (Phi) is 4.12. The van der Waals surface area contributed by atoms with Gasteiger partial charge in [0, 0.05) is 25.2 Å². The number of aliphatic hydroxyl groups excluding tert-OH is 1. The highest BCUT2D eigenvalue weighted by molar-refractivity contribution is 7.99. The van der Waals surface area contributed by atoms with Crippen LogP contribution in [-0.4, -0.2) is 39.1 Å². The van der Waals surface area contributed by atoms with E-state index in [1.807, 2.05) is 24.0 Å². The van der Waals surface area contributed by atoms with Crippen molar-refractivity contribution in [1.29, 1.82) is 0 Å². The number of hydrogen-bond acceptors (Lipinski definition) is 4. The minimum absolute atomic E-state index is 0.120. The van der Waals surface area contributed by atoms with E-state index in [-0.39, 0.29) is 12.1 Å². The van der Waals surface area contributed by atoms with Gasteiger partial charge in [-0.15, -0.1) is 0 Å². The molecule has 1 aromatic rings. The Morgan fingerprint density at radius 3 is 2.88 bits per heavy atom. The number of aryl methyl sites for hydroxylation is 1. The SMILES string of the molecule is CCNC(CO)(CSc1nccn1C)C1CC1. The third-order valence-corrected chi connectivity index (χ3v) is 4.72. The van der Waals surface area contributed by atoms with E-state index in [0.717, 1.165) is 17.5 Å². The van der Waals surface area contributed by atoms with Gasteiger partial charge in [-0.05, 0) is 25.3 Å². The lowest BCUT2D eigenvalue weighted by Gasteiger charge is -2.32. The molecular weight excluding hydrogens is 234 g/mol. The number of thioether (sulfide) groups is 1. The van der Waals surface area contributed by atoms with Gasteiger partial charge in [-0.3, -0.25) is 0 Å². The van der Waals surface area contributed by atoms with Gasteiger partial charge < -0.3 is 15.0 Å². The highest BCUT2D eigenvalue weighted by Gasteiger charge is 2.44. The van der Waals surface area contributed by atoms with E-state index in [1.165, 1.54) is 12.8 Å². The molecule has 1 aromatic heterocycles. The van der Waals surface area contributed by atoms with E-state index >= 15 is 0 Å². The molecule has 0 saturated heterocycles. The number of nitrogens with one attached hydrogen (secondary N) is 1. The number of nitrogens with zero attached hydrogens (tertiary/aromatic N) is 2. The maximum absolute atomic E-state index is 9.71. The Hall–Kier alpha value is -0.520. The van der Waals surface area contributed by atoms with Crippen LogP contribution >= 0.6 is 11.8 Å². The summed E-state index contributed by atoms with van der Waals surface area (Å²) in [5.74, 6) is 1.51. The summed E-state index contributed by atoms with van der Waals surface area (Å²) in [6, 6.07) is 0. The fourth-order valence-corrected chi connectivity index (χ4v) is 3.43. The second kappa shape index (κ2) is 5.42. The monoisotopic (exact) mass is 255 g/mol. The van der Waals surface area contributed by atoms with Gasteiger partial charge in [-0.25, -0.2) is 4.98 Å². The zero-order valence-corrected chi connectivity index (χ0v) is 11.3. The molecule has 0 spiro atoms. The number of aromatic nitrogens is 2. The van der Waals surface area contributed by atoms with Crippen LogP contribution in [0.3, 0.4) is 0 Å². The molecule has 0 amide bonds. The van der Waals surface area contributed by atoms with Crippen molar-refractivity contribution < 1.29 is 5.11 Å². The third-order valence-electron chi connectivity index (χ3n) is 3.41. The standard InChI is InChI=1S/C12H21N3OS/c1-3-14-12(8-16,10-4-5-10)9-17-11-13-6-7-15(11)2/h6-7,10,14,16H,3-5,8-9H2,1-2H3. The van der Waals surface area contributed by atoms with Crippen LogP contribution in [0.1, 0.15) is 19.8 Å². The molecule has 17 heavy (non-hydrogen) atoms. The van der Waals surface area contributed by atoms with Crippen molar-refractivity contribution in [2.75, 3.05) is 18.9 Å². The van der Waals surface area contributed by atoms with E-state index in [4.69, 9.17) is 0 Å². The Bertz CT molecular complexity index is 364. The van der Waals surface area contributed by atoms with Crippen LogP contribution in [0, 0.1) is 5.92 Å². The van der Waals surface area contributed by atoms with Crippen LogP contribution in [0.15, 0.2) is 17.6 Å². The van der Waals surface area contributed by atoms with E-state index in [0.29, 0.717) is 5.92 Å². The lowest BCUT2D eigenvalue weighted by atomic mass is 9.97. The lowest BCUT2D eigenvalue weighted by molar-refractivity contribution is 0.161. The largest absolute Gasteiger partial charge is 0.394 e. The van der Waals surface area contributed by atoms with Crippen molar-refractivity contribution in [2.45, 2.75) is 30.5 Å². The summed E-state index contributed by atoms with van der Waals surface area (Å²) in [4.78, 5) is 4.31. The molecule has 0 bridgehead atoms. The summed E-state index contributed by atoms with van der Waals surface area (Å²) >= 11 is 1.72. The number of aliphatic hydroxyl groups is 1. The molecule has 1 atom stereocenters. The van der Waals surface area contributed by atoms with E-state index in [9.17, 15) is 5.11 Å². The van der Waals surface area contributed by atoms with E-state index in [2.05, 4.69) is 17.2 Å². The molecule has 0 aromatic carbocycles. The molecule has 1 heterocycles. The van der Waals surface area contributed by atoms with Crippen LogP contribution in [0.5, 0.6) is 0 Å². The summed E-state index contributed by atoms with van der Waals surface area (Å²) in [6.07, 6.45) is 6.23. The van der Waals surface area contributed by atoms with Crippen molar-refractivity contribution in [3.8, 4) is 0 Å². The minimum atomic E-state index is -0.120. The molecule has 4 nitrogen and oxygen atoms in total. The van der Waals surface area contributed by atoms with Crippen molar-refractivity contribution >= 4 is 11.8 Å². The molecule has 2 rings (SSSR count). The fraction of sp³-hybridized carbons (Fsp3) is 0.750. The average Bonchev–Trinajstić information content (AvgIpc) is 3.10. The second-order valence-corrected chi connectivity index (χ2v) is 5.67. The quantitative estimate of drug-likeness (QED) is 0.720. The first-order chi connectivity index (χ1) is 8.22. The van der Waals surface area contributed by atoms with Gasteiger partial charge in [-0.1, -0.05) is 18.7 Å². The predicted molar refractivity (Wildman–Crippen MR) is 70.1 cm³/mol. The number of imidazole rings is 1. The van der Waals surface area contributed by atoms with Crippen LogP contribution in [0.2, 0.25) is 0 Å². The lowest BCUT2D eigenvalue weighted by Crippen LogP contribution is -2.52. The Balaban J connectivity index is 2.00. The molecule has 2 N–H and O–H groups in total. The van der Waals surface area contributed by atoms with Gasteiger partial charge in [0.05, 0.1) is 12.1 Å². The predicted octanol–water partition coefficient (Wildman–Crippen LogP) is 1.26. The Morgan fingerprint density at radius 2 is 2.41 bits per heavy atom. The van der Waals surface area contributed by atoms with E-state index < -0.39 is 0 Å². The molecule has 1 saturated carbocycles. The molecular formula is C12H21N3OS. The molecule has 0 radical (unpaired) electrons. The smallest absolute Gasteiger partial charge is 0.167 e. The molecule has 1 aliphatic rings. The summed E-state index contributed by atoms with van der Waals surface area (Å²) in [5, 5.41) is 14.2. The normalized spacial score (nSPS) is 19.2. The van der Waals surface area contributed by atoms with Gasteiger partial charge in [0.25, 0.3) is 0 Å². The summed E-state index contributed by atoms with van der Waals surface area (Å²) in [6.45, 7) is 3.21. The number of hydrogen-bond donors (Lipinski definition) is 2. The van der Waals surface area contributed by atoms with Crippen LogP contribution in [0.4, 0.5) is 0 Å². The highest BCUT2D eigenvalue weighted by Crippen LogP contribution is 2.41. The van der Waals surface area contributed by atoms with Crippen molar-refractivity contribution in [3.05, 3.63) is 12.4 Å². The molecule has 96 valence electrons. The van der Waals surface area contributed by atoms with Crippen molar-refractivity contribution in [1.82, 2.24) is 14.9 Å². The van der Waals surface area contributed by atoms with Gasteiger partial charge in [0.15, 0.2) is 5.16 Å². The summed E-state index contributed by atoms with van der Waals surface area (Å²) < 4.78 is 2.02. The van der Waals surface area contributed by atoms with Crippen LogP contribution in [0.25, 0.3) is 0 Å². The molecule has 0 aliphatic heterocycles. The van der Waals surface area contributed by atoms with Crippen molar-refractivity contribution in [3.63, 3.8) is 0 Å². The Labute approximate surface area is 107 Å². The van der Waals surface area contributed by atoms with Gasteiger partial charge in [0.2, 0.25) is 0 Å². The topological polar surface area (TPSA) is 50.1 Å². The maximum atomic E-state index is 9.71. The van der Waals surface area contributed by atoms with Crippen molar-refractivity contribution in [2.24, 2.45) is 13.0 Å². The molecule has 5 heteroatoms. The van der Waals surface area contributed by atoms with Crippen LogP contribution in [-0.2, 0) is 7.05 Å². The van der Waals surface area contributed by atoms with Gasteiger partial charge in [0.1, 0.15) is 0 Å². The van der Waals surface area contributed by atoms with Gasteiger partial charge in [-0.2, -0.15) is 0 Å². The zero-order valence-electron chi connectivity index (χ0n) is 10.5. The number of likely N-dealkylation sites (N-methyl/N-ethyl adjacent to an activating group) is 1. The molecule has 1 unspecified atom stereocenters. The first-order valence-electron chi connectivity index (χ1n) is 6.18. The Morgan fingerprint density at radius 1 is 1.65 bits per heavy atom. The third kappa shape index (κ3) is 2.84. The summed E-state index contributed by atoms with van der Waals surface area (Å²) in [5.41, 5.74) is -0.120. The zero-order chi connectivity index (χ0) is 12.3. The first-order valence-corrected chi connectivity index (χ1v) is 7.16. The van der Waals surface area contributed by atoms with Gasteiger partial charge >= 0.3 is 0 Å². The average molecular weight is 255 g/mol.